The van der Waals surface area contributed by atoms with Gasteiger partial charge in [-0.05, 0) is 38.3 Å². The Morgan fingerprint density at radius 1 is 1.00 bits per heavy atom. The highest BCUT2D eigenvalue weighted by atomic mass is 15.1. The average molecular weight is 252 g/mol. The quantitative estimate of drug-likeness (QED) is 0.560. The lowest BCUT2D eigenvalue weighted by Gasteiger charge is -2.15. The molecule has 0 N–H and O–H groups in total. The maximum absolute atomic E-state index is 6.50. The standard InChI is InChI=1S/C15H31N.CHN/c1-3-5-6-7-8-9-12-16-13-11-15(14-16)10-4-2;1-2/h15H,3-14H2,1-2H3;1H. The fourth-order valence-electron chi connectivity index (χ4n) is 2.88. The molecule has 2 heteroatoms. The Balaban J connectivity index is 0.00000137. The van der Waals surface area contributed by atoms with Crippen molar-refractivity contribution in [3.63, 3.8) is 0 Å². The molecule has 0 radical (unpaired) electrons. The van der Waals surface area contributed by atoms with E-state index in [1.807, 2.05) is 0 Å². The summed E-state index contributed by atoms with van der Waals surface area (Å²) in [7, 11) is 0. The molecular weight excluding hydrogens is 220 g/mol. The van der Waals surface area contributed by atoms with Gasteiger partial charge in [0.15, 0.2) is 0 Å². The van der Waals surface area contributed by atoms with Crippen LogP contribution in [0.3, 0.4) is 0 Å². The van der Waals surface area contributed by atoms with Crippen LogP contribution in [0.1, 0.15) is 71.6 Å². The van der Waals surface area contributed by atoms with Gasteiger partial charge in [-0.15, -0.1) is 0 Å². The van der Waals surface area contributed by atoms with E-state index in [0.29, 0.717) is 0 Å². The molecule has 0 amide bonds. The molecular formula is C16H32N2. The molecule has 0 spiro atoms. The summed E-state index contributed by atoms with van der Waals surface area (Å²) in [6, 6.07) is 0. The van der Waals surface area contributed by atoms with Crippen LogP contribution >= 0.6 is 0 Å². The van der Waals surface area contributed by atoms with E-state index in [-0.39, 0.29) is 0 Å². The molecule has 1 fully saturated rings. The smallest absolute Gasteiger partial charge is 0.0462 e. The van der Waals surface area contributed by atoms with Crippen molar-refractivity contribution < 1.29 is 0 Å². The van der Waals surface area contributed by atoms with Gasteiger partial charge in [-0.3, -0.25) is 0 Å². The molecule has 0 aromatic heterocycles. The molecule has 0 aromatic carbocycles. The minimum absolute atomic E-state index is 1.02. The number of nitriles is 1. The molecule has 1 heterocycles. The van der Waals surface area contributed by atoms with Crippen LogP contribution in [0.4, 0.5) is 0 Å². The van der Waals surface area contributed by atoms with Gasteiger partial charge >= 0.3 is 0 Å². The zero-order valence-corrected chi connectivity index (χ0v) is 12.5. The molecule has 0 aliphatic carbocycles. The lowest BCUT2D eigenvalue weighted by molar-refractivity contribution is 0.311. The summed E-state index contributed by atoms with van der Waals surface area (Å²) >= 11 is 0. The first-order valence-corrected chi connectivity index (χ1v) is 7.85. The lowest BCUT2D eigenvalue weighted by atomic mass is 10.0. The third kappa shape index (κ3) is 8.53. The number of rotatable bonds is 9. The Bertz CT molecular complexity index is 189. The minimum Gasteiger partial charge on any atom is -0.303 e. The molecule has 1 rings (SSSR count). The Labute approximate surface area is 114 Å². The second-order valence-electron chi connectivity index (χ2n) is 5.51. The highest BCUT2D eigenvalue weighted by molar-refractivity contribution is 4.74. The van der Waals surface area contributed by atoms with Gasteiger partial charge in [0.2, 0.25) is 0 Å². The first kappa shape index (κ1) is 17.4. The highest BCUT2D eigenvalue weighted by Gasteiger charge is 2.20. The lowest BCUT2D eigenvalue weighted by Crippen LogP contribution is -2.21. The van der Waals surface area contributed by atoms with Crippen molar-refractivity contribution in [2.45, 2.75) is 71.6 Å². The summed E-state index contributed by atoms with van der Waals surface area (Å²) in [6.07, 6.45) is 12.9. The Hall–Kier alpha value is -0.550. The van der Waals surface area contributed by atoms with Crippen LogP contribution in [-0.2, 0) is 0 Å². The molecule has 1 aliphatic rings. The Kier molecular flexibility index (Phi) is 12.5. The van der Waals surface area contributed by atoms with E-state index in [2.05, 4.69) is 25.3 Å². The normalized spacial score (nSPS) is 19.4. The maximum Gasteiger partial charge on any atom is 0.0462 e. The van der Waals surface area contributed by atoms with Crippen LogP contribution < -0.4 is 0 Å². The molecule has 1 unspecified atom stereocenters. The molecule has 1 atom stereocenters. The third-order valence-corrected chi connectivity index (χ3v) is 3.89. The van der Waals surface area contributed by atoms with Gasteiger partial charge in [0.05, 0.1) is 0 Å². The monoisotopic (exact) mass is 252 g/mol. The zero-order chi connectivity index (χ0) is 13.6. The summed E-state index contributed by atoms with van der Waals surface area (Å²) in [5, 5.41) is 6.50. The SMILES string of the molecule is C#N.CCCCCCCCN1CCC(CCC)C1. The molecule has 1 saturated heterocycles. The molecule has 106 valence electrons. The van der Waals surface area contributed by atoms with Crippen molar-refractivity contribution in [2.75, 3.05) is 19.6 Å². The van der Waals surface area contributed by atoms with Crippen LogP contribution in [-0.4, -0.2) is 24.5 Å². The fourth-order valence-corrected chi connectivity index (χ4v) is 2.88. The molecule has 0 bridgehead atoms. The molecule has 18 heavy (non-hydrogen) atoms. The number of nitrogens with zero attached hydrogens (tertiary/aromatic N) is 2. The predicted octanol–water partition coefficient (Wildman–Crippen LogP) is 4.61. The molecule has 1 aliphatic heterocycles. The van der Waals surface area contributed by atoms with E-state index in [1.165, 1.54) is 77.4 Å². The van der Waals surface area contributed by atoms with E-state index in [4.69, 9.17) is 5.26 Å². The van der Waals surface area contributed by atoms with E-state index in [9.17, 15) is 0 Å². The molecule has 0 aromatic rings. The van der Waals surface area contributed by atoms with Gasteiger partial charge in [0.25, 0.3) is 0 Å². The largest absolute Gasteiger partial charge is 0.303 e. The maximum atomic E-state index is 6.50. The van der Waals surface area contributed by atoms with Crippen molar-refractivity contribution in [2.24, 2.45) is 5.92 Å². The summed E-state index contributed by atoms with van der Waals surface area (Å²) in [4.78, 5) is 2.69. The van der Waals surface area contributed by atoms with Crippen molar-refractivity contribution in [1.29, 1.82) is 5.26 Å². The van der Waals surface area contributed by atoms with E-state index < -0.39 is 0 Å². The van der Waals surface area contributed by atoms with Crippen LogP contribution in [0.5, 0.6) is 0 Å². The predicted molar refractivity (Wildman–Crippen MR) is 79.5 cm³/mol. The first-order chi connectivity index (χ1) is 8.86. The molecule has 2 nitrogen and oxygen atoms in total. The van der Waals surface area contributed by atoms with Gasteiger partial charge in [-0.1, -0.05) is 52.4 Å². The van der Waals surface area contributed by atoms with Crippen LogP contribution in [0.25, 0.3) is 0 Å². The number of likely N-dealkylation sites (tertiary alicyclic amines) is 1. The number of hydrogen-bond donors (Lipinski definition) is 0. The first-order valence-electron chi connectivity index (χ1n) is 7.85. The summed E-state index contributed by atoms with van der Waals surface area (Å²) in [5.74, 6) is 1.02. The molecule has 0 saturated carbocycles. The van der Waals surface area contributed by atoms with Crippen LogP contribution in [0.2, 0.25) is 0 Å². The summed E-state index contributed by atoms with van der Waals surface area (Å²) in [5.41, 5.74) is 0. The second kappa shape index (κ2) is 12.9. The van der Waals surface area contributed by atoms with Gasteiger partial charge in [-0.25, -0.2) is 5.26 Å². The summed E-state index contributed by atoms with van der Waals surface area (Å²) in [6.45, 7) is 12.2. The van der Waals surface area contributed by atoms with Crippen molar-refractivity contribution in [3.05, 3.63) is 0 Å². The van der Waals surface area contributed by atoms with E-state index in [0.717, 1.165) is 5.92 Å². The number of hydrogen-bond acceptors (Lipinski definition) is 2. The average Bonchev–Trinajstić information content (AvgIpc) is 2.84. The van der Waals surface area contributed by atoms with Gasteiger partial charge in [0, 0.05) is 13.1 Å². The van der Waals surface area contributed by atoms with Crippen LogP contribution in [0.15, 0.2) is 0 Å². The summed E-state index contributed by atoms with van der Waals surface area (Å²) < 4.78 is 0. The van der Waals surface area contributed by atoms with Gasteiger partial charge in [-0.2, -0.15) is 0 Å². The number of unbranched alkanes of at least 4 members (excludes halogenated alkanes) is 5. The van der Waals surface area contributed by atoms with Crippen molar-refractivity contribution in [3.8, 4) is 6.57 Å². The van der Waals surface area contributed by atoms with E-state index in [1.54, 1.807) is 0 Å². The Morgan fingerprint density at radius 2 is 1.67 bits per heavy atom. The third-order valence-electron chi connectivity index (χ3n) is 3.89. The fraction of sp³-hybridized carbons (Fsp3) is 0.938. The highest BCUT2D eigenvalue weighted by Crippen LogP contribution is 2.21. The topological polar surface area (TPSA) is 27.0 Å². The minimum atomic E-state index is 1.02. The van der Waals surface area contributed by atoms with E-state index >= 15 is 0 Å². The second-order valence-corrected chi connectivity index (χ2v) is 5.51. The Morgan fingerprint density at radius 3 is 2.33 bits per heavy atom. The van der Waals surface area contributed by atoms with Gasteiger partial charge < -0.3 is 4.90 Å². The van der Waals surface area contributed by atoms with Crippen molar-refractivity contribution in [1.82, 2.24) is 4.90 Å². The van der Waals surface area contributed by atoms with Crippen molar-refractivity contribution >= 4 is 0 Å². The van der Waals surface area contributed by atoms with Gasteiger partial charge in [0.1, 0.15) is 0 Å². The zero-order valence-electron chi connectivity index (χ0n) is 12.5. The van der Waals surface area contributed by atoms with Crippen LogP contribution in [0, 0.1) is 17.8 Å².